The molecule has 0 spiro atoms. The molecule has 0 aliphatic heterocycles. The Kier molecular flexibility index (Phi) is 3.90. The van der Waals surface area contributed by atoms with E-state index in [1.807, 2.05) is 18.2 Å². The van der Waals surface area contributed by atoms with Gasteiger partial charge >= 0.3 is 0 Å². The maximum absolute atomic E-state index is 5.83. The summed E-state index contributed by atoms with van der Waals surface area (Å²) < 4.78 is 0. The summed E-state index contributed by atoms with van der Waals surface area (Å²) in [6, 6.07) is 14.5. The van der Waals surface area contributed by atoms with E-state index in [-0.39, 0.29) is 0 Å². The predicted molar refractivity (Wildman–Crippen MR) is 96.3 cm³/mol. The van der Waals surface area contributed by atoms with Crippen LogP contribution in [0.25, 0.3) is 10.8 Å². The molecule has 3 rings (SSSR count). The van der Waals surface area contributed by atoms with E-state index in [1.165, 1.54) is 16.6 Å². The molecule has 2 nitrogen and oxygen atoms in total. The molecule has 0 bridgehead atoms. The predicted octanol–water partition coefficient (Wildman–Crippen LogP) is 4.17. The van der Waals surface area contributed by atoms with Crippen LogP contribution in [0.15, 0.2) is 53.2 Å². The summed E-state index contributed by atoms with van der Waals surface area (Å²) >= 11 is 6.88. The van der Waals surface area contributed by atoms with Gasteiger partial charge in [-0.1, -0.05) is 36.5 Å². The smallest absolute Gasteiger partial charge is 0.104 e. The van der Waals surface area contributed by atoms with Crippen molar-refractivity contribution < 1.29 is 0 Å². The lowest BCUT2D eigenvalue weighted by Crippen LogP contribution is -2.17. The molecule has 0 saturated heterocycles. The standard InChI is InChI=1S/C17H16N2S2/c1-19(10-12-8-9-21-11-12)16-7-6-15(17(18)20)13-4-2-3-5-14(13)16/h2-9,11H,10H2,1H3,(H2,18,20). The SMILES string of the molecule is CN(Cc1ccsc1)c1ccc(C(N)=S)c2ccccc12. The maximum atomic E-state index is 5.83. The highest BCUT2D eigenvalue weighted by atomic mass is 32.1. The number of anilines is 1. The Morgan fingerprint density at radius 1 is 1.14 bits per heavy atom. The highest BCUT2D eigenvalue weighted by molar-refractivity contribution is 7.80. The van der Waals surface area contributed by atoms with Gasteiger partial charge in [-0.05, 0) is 39.9 Å². The molecule has 3 aromatic rings. The van der Waals surface area contributed by atoms with Crippen molar-refractivity contribution in [3.8, 4) is 0 Å². The molecule has 2 aromatic carbocycles. The normalized spacial score (nSPS) is 10.7. The third kappa shape index (κ3) is 2.77. The molecule has 0 fully saturated rings. The number of rotatable bonds is 4. The van der Waals surface area contributed by atoms with Crippen molar-refractivity contribution >= 4 is 45.0 Å². The molecule has 0 amide bonds. The van der Waals surface area contributed by atoms with Crippen LogP contribution in [-0.2, 0) is 6.54 Å². The zero-order valence-corrected chi connectivity index (χ0v) is 13.4. The molecular weight excluding hydrogens is 296 g/mol. The Balaban J connectivity index is 2.07. The van der Waals surface area contributed by atoms with Crippen LogP contribution in [0, 0.1) is 0 Å². The van der Waals surface area contributed by atoms with Gasteiger partial charge in [-0.15, -0.1) is 0 Å². The quantitative estimate of drug-likeness (QED) is 0.733. The van der Waals surface area contributed by atoms with Crippen LogP contribution >= 0.6 is 23.6 Å². The Morgan fingerprint density at radius 3 is 2.57 bits per heavy atom. The van der Waals surface area contributed by atoms with Gasteiger partial charge in [0.1, 0.15) is 4.99 Å². The lowest BCUT2D eigenvalue weighted by molar-refractivity contribution is 0.933. The molecule has 0 radical (unpaired) electrons. The fraction of sp³-hybridized carbons (Fsp3) is 0.118. The Hall–Kier alpha value is -1.91. The Bertz CT molecular complexity index is 779. The van der Waals surface area contributed by atoms with Gasteiger partial charge in [-0.3, -0.25) is 0 Å². The fourth-order valence-electron chi connectivity index (χ4n) is 2.57. The number of hydrogen-bond donors (Lipinski definition) is 1. The molecule has 1 aromatic heterocycles. The number of thiophene rings is 1. The van der Waals surface area contributed by atoms with Gasteiger partial charge in [0.2, 0.25) is 0 Å². The third-order valence-corrected chi connectivity index (χ3v) is 4.53. The zero-order chi connectivity index (χ0) is 14.8. The summed E-state index contributed by atoms with van der Waals surface area (Å²) in [5, 5.41) is 6.58. The molecular formula is C17H16N2S2. The topological polar surface area (TPSA) is 29.3 Å². The Morgan fingerprint density at radius 2 is 1.90 bits per heavy atom. The van der Waals surface area contributed by atoms with E-state index < -0.39 is 0 Å². The third-order valence-electron chi connectivity index (χ3n) is 3.58. The average molecular weight is 312 g/mol. The van der Waals surface area contributed by atoms with Gasteiger partial charge in [0.25, 0.3) is 0 Å². The van der Waals surface area contributed by atoms with Crippen LogP contribution in [0.2, 0.25) is 0 Å². The zero-order valence-electron chi connectivity index (χ0n) is 11.7. The largest absolute Gasteiger partial charge is 0.389 e. The summed E-state index contributed by atoms with van der Waals surface area (Å²) in [5.41, 5.74) is 9.29. The number of thiocarbonyl (C=S) groups is 1. The molecule has 0 unspecified atom stereocenters. The van der Waals surface area contributed by atoms with Gasteiger partial charge in [-0.2, -0.15) is 11.3 Å². The number of benzene rings is 2. The van der Waals surface area contributed by atoms with Crippen molar-refractivity contribution in [3.05, 3.63) is 64.4 Å². The number of nitrogens with zero attached hydrogens (tertiary/aromatic N) is 1. The minimum atomic E-state index is 0.443. The first-order valence-corrected chi connectivity index (χ1v) is 8.05. The van der Waals surface area contributed by atoms with Crippen LogP contribution in [-0.4, -0.2) is 12.0 Å². The Labute approximate surface area is 133 Å². The van der Waals surface area contributed by atoms with Crippen molar-refractivity contribution in [2.45, 2.75) is 6.54 Å². The first-order chi connectivity index (χ1) is 10.2. The number of fused-ring (bicyclic) bond motifs is 1. The van der Waals surface area contributed by atoms with Crippen LogP contribution in [0.1, 0.15) is 11.1 Å². The van der Waals surface area contributed by atoms with Crippen molar-refractivity contribution in [1.29, 1.82) is 0 Å². The van der Waals surface area contributed by atoms with E-state index >= 15 is 0 Å². The van der Waals surface area contributed by atoms with Crippen LogP contribution in [0.3, 0.4) is 0 Å². The number of hydrogen-bond acceptors (Lipinski definition) is 3. The van der Waals surface area contributed by atoms with E-state index in [1.54, 1.807) is 11.3 Å². The van der Waals surface area contributed by atoms with Crippen LogP contribution < -0.4 is 10.6 Å². The van der Waals surface area contributed by atoms with E-state index in [2.05, 4.69) is 47.0 Å². The monoisotopic (exact) mass is 312 g/mol. The van der Waals surface area contributed by atoms with Crippen molar-refractivity contribution in [2.24, 2.45) is 5.73 Å². The summed E-state index contributed by atoms with van der Waals surface area (Å²) in [6.45, 7) is 0.889. The average Bonchev–Trinajstić information content (AvgIpc) is 2.98. The van der Waals surface area contributed by atoms with E-state index in [4.69, 9.17) is 18.0 Å². The second-order valence-electron chi connectivity index (χ2n) is 5.03. The van der Waals surface area contributed by atoms with Gasteiger partial charge in [0.15, 0.2) is 0 Å². The van der Waals surface area contributed by atoms with Gasteiger partial charge in [0.05, 0.1) is 0 Å². The first-order valence-electron chi connectivity index (χ1n) is 6.70. The molecule has 0 aliphatic carbocycles. The van der Waals surface area contributed by atoms with Crippen LogP contribution in [0.5, 0.6) is 0 Å². The highest BCUT2D eigenvalue weighted by Crippen LogP contribution is 2.30. The van der Waals surface area contributed by atoms with E-state index in [9.17, 15) is 0 Å². The van der Waals surface area contributed by atoms with Gasteiger partial charge < -0.3 is 10.6 Å². The van der Waals surface area contributed by atoms with Crippen molar-refractivity contribution in [2.75, 3.05) is 11.9 Å². The van der Waals surface area contributed by atoms with E-state index in [0.29, 0.717) is 4.99 Å². The van der Waals surface area contributed by atoms with Crippen LogP contribution in [0.4, 0.5) is 5.69 Å². The summed E-state index contributed by atoms with van der Waals surface area (Å²) in [5.74, 6) is 0. The summed E-state index contributed by atoms with van der Waals surface area (Å²) in [7, 11) is 2.11. The second-order valence-corrected chi connectivity index (χ2v) is 6.25. The fourth-order valence-corrected chi connectivity index (χ4v) is 3.41. The molecule has 0 saturated carbocycles. The molecule has 0 aliphatic rings. The molecule has 106 valence electrons. The van der Waals surface area contributed by atoms with Gasteiger partial charge in [-0.25, -0.2) is 0 Å². The second kappa shape index (κ2) is 5.84. The lowest BCUT2D eigenvalue weighted by Gasteiger charge is -2.22. The summed E-state index contributed by atoms with van der Waals surface area (Å²) in [4.78, 5) is 2.70. The van der Waals surface area contributed by atoms with Crippen molar-refractivity contribution in [1.82, 2.24) is 0 Å². The molecule has 21 heavy (non-hydrogen) atoms. The highest BCUT2D eigenvalue weighted by Gasteiger charge is 2.11. The first kappa shape index (κ1) is 14.0. The minimum absolute atomic E-state index is 0.443. The molecule has 2 N–H and O–H groups in total. The number of nitrogens with two attached hydrogens (primary N) is 1. The minimum Gasteiger partial charge on any atom is -0.389 e. The maximum Gasteiger partial charge on any atom is 0.104 e. The molecule has 1 heterocycles. The van der Waals surface area contributed by atoms with Crippen molar-refractivity contribution in [3.63, 3.8) is 0 Å². The molecule has 0 atom stereocenters. The summed E-state index contributed by atoms with van der Waals surface area (Å²) in [6.07, 6.45) is 0. The molecule has 4 heteroatoms. The lowest BCUT2D eigenvalue weighted by atomic mass is 10.0. The van der Waals surface area contributed by atoms with E-state index in [0.717, 1.165) is 17.5 Å². The van der Waals surface area contributed by atoms with Gasteiger partial charge in [0, 0.05) is 30.2 Å².